The monoisotopic (exact) mass is 246 g/mol. The summed E-state index contributed by atoms with van der Waals surface area (Å²) in [6.07, 6.45) is 3.90. The van der Waals surface area contributed by atoms with Crippen molar-refractivity contribution in [1.82, 2.24) is 10.3 Å². The summed E-state index contributed by atoms with van der Waals surface area (Å²) in [6.45, 7) is 2.21. The van der Waals surface area contributed by atoms with Crippen molar-refractivity contribution in [2.45, 2.75) is 25.3 Å². The predicted molar refractivity (Wildman–Crippen MR) is 73.3 cm³/mol. The largest absolute Gasteiger partial charge is 0.308 e. The summed E-state index contributed by atoms with van der Waals surface area (Å²) in [5.41, 5.74) is 1.31. The van der Waals surface area contributed by atoms with Crippen molar-refractivity contribution < 1.29 is 0 Å². The summed E-state index contributed by atoms with van der Waals surface area (Å²) < 4.78 is 0. The van der Waals surface area contributed by atoms with Crippen LogP contribution in [0.15, 0.2) is 41.9 Å². The number of benzene rings is 1. The van der Waals surface area contributed by atoms with E-state index in [0.29, 0.717) is 0 Å². The molecule has 2 nitrogen and oxygen atoms in total. The van der Waals surface area contributed by atoms with Crippen LogP contribution in [-0.4, -0.2) is 12.0 Å². The first-order valence-corrected chi connectivity index (χ1v) is 6.81. The Labute approximate surface area is 107 Å². The van der Waals surface area contributed by atoms with Gasteiger partial charge in [-0.1, -0.05) is 37.3 Å². The van der Waals surface area contributed by atoms with E-state index in [1.165, 1.54) is 10.6 Å². The number of nitrogens with one attached hydrogen (secondary N) is 1. The van der Waals surface area contributed by atoms with Gasteiger partial charge in [0.2, 0.25) is 0 Å². The molecule has 1 heterocycles. The number of hydrogen-bond donors (Lipinski definition) is 1. The van der Waals surface area contributed by atoms with Gasteiger partial charge in [0, 0.05) is 11.6 Å². The fourth-order valence-electron chi connectivity index (χ4n) is 2.13. The van der Waals surface area contributed by atoms with Crippen molar-refractivity contribution in [2.75, 3.05) is 7.05 Å². The molecule has 0 bridgehead atoms. The average molecular weight is 246 g/mol. The Bertz CT molecular complexity index is 433. The Kier molecular flexibility index (Phi) is 3.92. The molecule has 0 aliphatic rings. The molecule has 2 rings (SSSR count). The topological polar surface area (TPSA) is 24.9 Å². The van der Waals surface area contributed by atoms with Gasteiger partial charge in [0.05, 0.1) is 5.54 Å². The van der Waals surface area contributed by atoms with Gasteiger partial charge in [-0.25, -0.2) is 4.98 Å². The molecular formula is C14H18N2S. The normalized spacial score (nSPS) is 14.5. The fourth-order valence-corrected chi connectivity index (χ4v) is 3.04. The standard InChI is InChI=1S/C14H18N2S/c1-3-14(15-2,13-16-9-10-17-13)11-12-7-5-4-6-8-12/h4-10,15H,3,11H2,1-2H3. The Balaban J connectivity index is 2.29. The number of likely N-dealkylation sites (N-methyl/N-ethyl adjacent to an activating group) is 1. The van der Waals surface area contributed by atoms with Gasteiger partial charge in [-0.3, -0.25) is 0 Å². The van der Waals surface area contributed by atoms with Crippen LogP contribution in [0.2, 0.25) is 0 Å². The molecular weight excluding hydrogens is 228 g/mol. The number of nitrogens with zero attached hydrogens (tertiary/aromatic N) is 1. The van der Waals surface area contributed by atoms with Gasteiger partial charge < -0.3 is 5.32 Å². The van der Waals surface area contributed by atoms with Crippen LogP contribution in [0.1, 0.15) is 23.9 Å². The van der Waals surface area contributed by atoms with Gasteiger partial charge in [0.15, 0.2) is 0 Å². The highest BCUT2D eigenvalue weighted by molar-refractivity contribution is 7.09. The van der Waals surface area contributed by atoms with Crippen molar-refractivity contribution in [3.05, 3.63) is 52.5 Å². The molecule has 0 radical (unpaired) electrons. The molecule has 3 heteroatoms. The minimum atomic E-state index is -0.0322. The minimum Gasteiger partial charge on any atom is -0.308 e. The fraction of sp³-hybridized carbons (Fsp3) is 0.357. The maximum absolute atomic E-state index is 4.48. The third-order valence-electron chi connectivity index (χ3n) is 3.27. The van der Waals surface area contributed by atoms with Crippen molar-refractivity contribution in [1.29, 1.82) is 0 Å². The zero-order valence-electron chi connectivity index (χ0n) is 10.3. The molecule has 1 aromatic carbocycles. The molecule has 1 atom stereocenters. The molecule has 0 aliphatic heterocycles. The molecule has 1 aromatic heterocycles. The van der Waals surface area contributed by atoms with Crippen LogP contribution in [0.4, 0.5) is 0 Å². The zero-order valence-corrected chi connectivity index (χ0v) is 11.1. The molecule has 1 unspecified atom stereocenters. The van der Waals surface area contributed by atoms with E-state index < -0.39 is 0 Å². The van der Waals surface area contributed by atoms with Gasteiger partial charge in [0.25, 0.3) is 0 Å². The smallest absolute Gasteiger partial charge is 0.113 e. The summed E-state index contributed by atoms with van der Waals surface area (Å²) in [7, 11) is 2.02. The van der Waals surface area contributed by atoms with E-state index in [1.807, 2.05) is 18.6 Å². The van der Waals surface area contributed by atoms with E-state index in [1.54, 1.807) is 11.3 Å². The first-order valence-electron chi connectivity index (χ1n) is 5.93. The van der Waals surface area contributed by atoms with Crippen molar-refractivity contribution in [3.63, 3.8) is 0 Å². The van der Waals surface area contributed by atoms with Crippen LogP contribution >= 0.6 is 11.3 Å². The van der Waals surface area contributed by atoms with Gasteiger partial charge in [-0.15, -0.1) is 11.3 Å². The van der Waals surface area contributed by atoms with Gasteiger partial charge in [0.1, 0.15) is 5.01 Å². The first-order chi connectivity index (χ1) is 8.30. The SMILES string of the molecule is CCC(Cc1ccccc1)(NC)c1nccs1. The molecule has 2 aromatic rings. The third-order valence-corrected chi connectivity index (χ3v) is 4.25. The molecule has 0 fully saturated rings. The summed E-state index contributed by atoms with van der Waals surface area (Å²) >= 11 is 1.72. The van der Waals surface area contributed by atoms with Crippen molar-refractivity contribution in [3.8, 4) is 0 Å². The summed E-state index contributed by atoms with van der Waals surface area (Å²) in [5, 5.41) is 6.68. The lowest BCUT2D eigenvalue weighted by Crippen LogP contribution is -2.41. The van der Waals surface area contributed by atoms with Crippen LogP contribution in [-0.2, 0) is 12.0 Å². The molecule has 1 N–H and O–H groups in total. The van der Waals surface area contributed by atoms with Gasteiger partial charge in [-0.05, 0) is 25.5 Å². The van der Waals surface area contributed by atoms with Crippen LogP contribution in [0.5, 0.6) is 0 Å². The summed E-state index contributed by atoms with van der Waals surface area (Å²) in [6, 6.07) is 10.6. The lowest BCUT2D eigenvalue weighted by atomic mass is 9.89. The molecule has 0 aliphatic carbocycles. The number of rotatable bonds is 5. The second-order valence-electron chi connectivity index (χ2n) is 4.19. The molecule has 0 saturated heterocycles. The Morgan fingerprint density at radius 2 is 2.06 bits per heavy atom. The summed E-state index contributed by atoms with van der Waals surface area (Å²) in [4.78, 5) is 4.48. The Morgan fingerprint density at radius 1 is 1.29 bits per heavy atom. The van der Waals surface area contributed by atoms with Crippen molar-refractivity contribution >= 4 is 11.3 Å². The van der Waals surface area contributed by atoms with E-state index in [2.05, 4.69) is 47.6 Å². The number of hydrogen-bond acceptors (Lipinski definition) is 3. The average Bonchev–Trinajstić information content (AvgIpc) is 2.92. The minimum absolute atomic E-state index is 0.0322. The maximum atomic E-state index is 4.48. The highest BCUT2D eigenvalue weighted by atomic mass is 32.1. The molecule has 0 saturated carbocycles. The second kappa shape index (κ2) is 5.43. The van der Waals surface area contributed by atoms with Gasteiger partial charge >= 0.3 is 0 Å². The van der Waals surface area contributed by atoms with Crippen LogP contribution in [0.3, 0.4) is 0 Å². The second-order valence-corrected chi connectivity index (χ2v) is 5.08. The Hall–Kier alpha value is -1.19. The molecule has 0 spiro atoms. The van der Waals surface area contributed by atoms with Crippen LogP contribution < -0.4 is 5.32 Å². The zero-order chi connectivity index (χ0) is 12.1. The highest BCUT2D eigenvalue weighted by Gasteiger charge is 2.31. The highest BCUT2D eigenvalue weighted by Crippen LogP contribution is 2.30. The first kappa shape index (κ1) is 12.3. The number of thiazole rings is 1. The lowest BCUT2D eigenvalue weighted by molar-refractivity contribution is 0.343. The number of aromatic nitrogens is 1. The molecule has 17 heavy (non-hydrogen) atoms. The quantitative estimate of drug-likeness (QED) is 0.876. The van der Waals surface area contributed by atoms with Crippen molar-refractivity contribution in [2.24, 2.45) is 0 Å². The molecule has 0 amide bonds. The van der Waals surface area contributed by atoms with Crippen LogP contribution in [0, 0.1) is 0 Å². The Morgan fingerprint density at radius 3 is 2.59 bits per heavy atom. The predicted octanol–water partition coefficient (Wildman–Crippen LogP) is 3.21. The van der Waals surface area contributed by atoms with Gasteiger partial charge in [-0.2, -0.15) is 0 Å². The van der Waals surface area contributed by atoms with E-state index in [9.17, 15) is 0 Å². The maximum Gasteiger partial charge on any atom is 0.113 e. The lowest BCUT2D eigenvalue weighted by Gasteiger charge is -2.30. The molecule has 90 valence electrons. The van der Waals surface area contributed by atoms with E-state index in [0.717, 1.165) is 12.8 Å². The van der Waals surface area contributed by atoms with Crippen LogP contribution in [0.25, 0.3) is 0 Å². The third kappa shape index (κ3) is 2.56. The van der Waals surface area contributed by atoms with E-state index >= 15 is 0 Å². The summed E-state index contributed by atoms with van der Waals surface area (Å²) in [5.74, 6) is 0. The van der Waals surface area contributed by atoms with E-state index in [-0.39, 0.29) is 5.54 Å². The van der Waals surface area contributed by atoms with E-state index in [4.69, 9.17) is 0 Å².